The van der Waals surface area contributed by atoms with E-state index in [2.05, 4.69) is 16.7 Å². The van der Waals surface area contributed by atoms with Crippen molar-refractivity contribution < 1.29 is 9.90 Å². The summed E-state index contributed by atoms with van der Waals surface area (Å²) >= 11 is 6.12. The molecule has 1 rings (SSSR count). The fraction of sp³-hybridized carbons (Fsp3) is 0.308. The van der Waals surface area contributed by atoms with Crippen LogP contribution in [-0.2, 0) is 6.42 Å². The van der Waals surface area contributed by atoms with Crippen molar-refractivity contribution in [2.45, 2.75) is 20.3 Å². The number of rotatable bonds is 4. The number of carboxylic acid groups (broad SMARTS) is 1. The van der Waals surface area contributed by atoms with Crippen LogP contribution in [0.3, 0.4) is 0 Å². The molecular formula is C13H16ClN3O2. The lowest BCUT2D eigenvalue weighted by Crippen LogP contribution is -2.19. The Morgan fingerprint density at radius 2 is 2.32 bits per heavy atom. The van der Waals surface area contributed by atoms with Crippen LogP contribution in [0, 0.1) is 0 Å². The van der Waals surface area contributed by atoms with Crippen LogP contribution in [0.15, 0.2) is 34.3 Å². The molecule has 1 aromatic rings. The van der Waals surface area contributed by atoms with Crippen LogP contribution in [-0.4, -0.2) is 33.7 Å². The molecule has 1 heterocycles. The summed E-state index contributed by atoms with van der Waals surface area (Å²) in [5.74, 6) is -0.796. The molecule has 0 aromatic carbocycles. The molecule has 0 aliphatic heterocycles. The minimum atomic E-state index is -1.08. The van der Waals surface area contributed by atoms with Crippen LogP contribution in [0.2, 0.25) is 0 Å². The molecule has 0 unspecified atom stereocenters. The predicted octanol–water partition coefficient (Wildman–Crippen LogP) is 2.72. The summed E-state index contributed by atoms with van der Waals surface area (Å²) in [5.41, 5.74) is 1.44. The maximum Gasteiger partial charge on any atom is 0.354 e. The Morgan fingerprint density at radius 1 is 1.68 bits per heavy atom. The van der Waals surface area contributed by atoms with E-state index in [1.807, 2.05) is 6.92 Å². The van der Waals surface area contributed by atoms with E-state index in [4.69, 9.17) is 11.6 Å². The van der Waals surface area contributed by atoms with Crippen molar-refractivity contribution in [2.75, 3.05) is 7.05 Å². The highest BCUT2D eigenvalue weighted by Gasteiger charge is 2.19. The third-order valence-electron chi connectivity index (χ3n) is 2.34. The zero-order chi connectivity index (χ0) is 14.6. The van der Waals surface area contributed by atoms with E-state index in [-0.39, 0.29) is 11.5 Å². The van der Waals surface area contributed by atoms with Gasteiger partial charge in [-0.25, -0.2) is 9.48 Å². The number of nitrogens with zero attached hydrogens (tertiary/aromatic N) is 3. The molecule has 1 aromatic heterocycles. The molecule has 0 saturated heterocycles. The van der Waals surface area contributed by atoms with E-state index in [9.17, 15) is 9.90 Å². The molecule has 0 aliphatic rings. The molecule has 0 amide bonds. The first-order valence-electron chi connectivity index (χ1n) is 5.73. The summed E-state index contributed by atoms with van der Waals surface area (Å²) in [6.07, 6.45) is 2.24. The van der Waals surface area contributed by atoms with Gasteiger partial charge in [0.2, 0.25) is 0 Å². The third-order valence-corrected chi connectivity index (χ3v) is 2.62. The standard InChI is InChI=1S/C13H16ClN3O2/c1-5-9-7-11(13(18)19)17(16-9)12(15-4)10(14)6-8(2)3/h6-7H,2,5H2,1,3-4H3,(H,18,19). The molecule has 0 aliphatic carbocycles. The summed E-state index contributed by atoms with van der Waals surface area (Å²) in [4.78, 5) is 15.2. The first-order chi connectivity index (χ1) is 8.90. The maximum absolute atomic E-state index is 11.2. The van der Waals surface area contributed by atoms with Crippen LogP contribution in [0.1, 0.15) is 30.0 Å². The van der Waals surface area contributed by atoms with Gasteiger partial charge in [0.15, 0.2) is 11.5 Å². The van der Waals surface area contributed by atoms with E-state index >= 15 is 0 Å². The molecule has 102 valence electrons. The Kier molecular flexibility index (Phi) is 5.06. The van der Waals surface area contributed by atoms with Gasteiger partial charge < -0.3 is 5.11 Å². The van der Waals surface area contributed by atoms with E-state index in [1.54, 1.807) is 13.0 Å². The number of hydrogen-bond donors (Lipinski definition) is 1. The minimum absolute atomic E-state index is 0.0331. The molecule has 0 fully saturated rings. The molecule has 0 bridgehead atoms. The van der Waals surface area contributed by atoms with Crippen LogP contribution in [0.5, 0.6) is 0 Å². The van der Waals surface area contributed by atoms with Gasteiger partial charge in [-0.3, -0.25) is 4.99 Å². The molecular weight excluding hydrogens is 266 g/mol. The topological polar surface area (TPSA) is 67.5 Å². The number of aromatic nitrogens is 2. The summed E-state index contributed by atoms with van der Waals surface area (Å²) in [6.45, 7) is 7.40. The smallest absolute Gasteiger partial charge is 0.354 e. The molecule has 6 heteroatoms. The number of halogens is 1. The van der Waals surface area contributed by atoms with Crippen molar-refractivity contribution in [3.05, 3.63) is 40.7 Å². The highest BCUT2D eigenvalue weighted by molar-refractivity contribution is 6.43. The van der Waals surface area contributed by atoms with Crippen LogP contribution < -0.4 is 0 Å². The second-order valence-corrected chi connectivity index (χ2v) is 4.38. The number of aryl methyl sites for hydroxylation is 1. The second-order valence-electron chi connectivity index (χ2n) is 3.98. The van der Waals surface area contributed by atoms with E-state index in [0.717, 1.165) is 5.57 Å². The van der Waals surface area contributed by atoms with Gasteiger partial charge in [-0.2, -0.15) is 5.10 Å². The monoisotopic (exact) mass is 281 g/mol. The molecule has 0 radical (unpaired) electrons. The number of carboxylic acids is 1. The van der Waals surface area contributed by atoms with Gasteiger partial charge in [-0.1, -0.05) is 30.7 Å². The highest BCUT2D eigenvalue weighted by Crippen LogP contribution is 2.14. The largest absolute Gasteiger partial charge is 0.477 e. The van der Waals surface area contributed by atoms with Gasteiger partial charge in [-0.05, 0) is 25.5 Å². The Hall–Kier alpha value is -1.88. The van der Waals surface area contributed by atoms with E-state index < -0.39 is 5.97 Å². The lowest BCUT2D eigenvalue weighted by Gasteiger charge is -2.07. The van der Waals surface area contributed by atoms with E-state index in [1.165, 1.54) is 17.8 Å². The van der Waals surface area contributed by atoms with Gasteiger partial charge in [0.05, 0.1) is 10.7 Å². The zero-order valence-electron chi connectivity index (χ0n) is 11.1. The van der Waals surface area contributed by atoms with Crippen molar-refractivity contribution in [3.8, 4) is 0 Å². The lowest BCUT2D eigenvalue weighted by atomic mass is 10.3. The van der Waals surface area contributed by atoms with Crippen molar-refractivity contribution in [1.29, 1.82) is 0 Å². The average molecular weight is 282 g/mol. The SMILES string of the molecule is C=C(C)C=C(Cl)C(=NC)n1nc(CC)cc1C(=O)O. The number of aliphatic imine (C=N–C) groups is 1. The van der Waals surface area contributed by atoms with Crippen LogP contribution in [0.25, 0.3) is 0 Å². The summed E-state index contributed by atoms with van der Waals surface area (Å²) in [7, 11) is 1.53. The molecule has 0 atom stereocenters. The van der Waals surface area contributed by atoms with Crippen molar-refractivity contribution in [1.82, 2.24) is 9.78 Å². The normalized spacial score (nSPS) is 12.6. The number of hydrogen-bond acceptors (Lipinski definition) is 3. The fourth-order valence-electron chi connectivity index (χ4n) is 1.50. The molecule has 5 nitrogen and oxygen atoms in total. The summed E-state index contributed by atoms with van der Waals surface area (Å²) < 4.78 is 1.24. The Balaban J connectivity index is 3.37. The Bertz CT molecular complexity index is 570. The van der Waals surface area contributed by atoms with Crippen molar-refractivity contribution in [2.24, 2.45) is 4.99 Å². The number of aromatic carboxylic acids is 1. The lowest BCUT2D eigenvalue weighted by molar-refractivity contribution is 0.0688. The average Bonchev–Trinajstić information content (AvgIpc) is 2.73. The van der Waals surface area contributed by atoms with Crippen molar-refractivity contribution in [3.63, 3.8) is 0 Å². The van der Waals surface area contributed by atoms with Gasteiger partial charge in [0, 0.05) is 7.05 Å². The fourth-order valence-corrected chi connectivity index (χ4v) is 1.85. The van der Waals surface area contributed by atoms with Gasteiger partial charge in [-0.15, -0.1) is 0 Å². The quantitative estimate of drug-likeness (QED) is 0.524. The Morgan fingerprint density at radius 3 is 2.74 bits per heavy atom. The first kappa shape index (κ1) is 15.2. The number of carbonyl (C=O) groups is 1. The molecule has 19 heavy (non-hydrogen) atoms. The van der Waals surface area contributed by atoms with Gasteiger partial charge in [0.1, 0.15) is 0 Å². The third kappa shape index (κ3) is 3.54. The summed E-state index contributed by atoms with van der Waals surface area (Å²) in [6, 6.07) is 1.51. The molecule has 0 spiro atoms. The maximum atomic E-state index is 11.2. The predicted molar refractivity (Wildman–Crippen MR) is 76.1 cm³/mol. The van der Waals surface area contributed by atoms with E-state index in [0.29, 0.717) is 17.1 Å². The van der Waals surface area contributed by atoms with Crippen LogP contribution in [0.4, 0.5) is 0 Å². The Labute approximate surface area is 116 Å². The van der Waals surface area contributed by atoms with Gasteiger partial charge >= 0.3 is 5.97 Å². The summed E-state index contributed by atoms with van der Waals surface area (Å²) in [5, 5.41) is 13.7. The first-order valence-corrected chi connectivity index (χ1v) is 6.11. The molecule has 1 N–H and O–H groups in total. The highest BCUT2D eigenvalue weighted by atomic mass is 35.5. The number of allylic oxidation sites excluding steroid dienone is 3. The molecule has 0 saturated carbocycles. The van der Waals surface area contributed by atoms with Crippen LogP contribution >= 0.6 is 11.6 Å². The minimum Gasteiger partial charge on any atom is -0.477 e. The second kappa shape index (κ2) is 6.33. The zero-order valence-corrected chi connectivity index (χ0v) is 11.9. The van der Waals surface area contributed by atoms with Gasteiger partial charge in [0.25, 0.3) is 0 Å². The van der Waals surface area contributed by atoms with Crippen molar-refractivity contribution >= 4 is 23.4 Å².